The minimum absolute atomic E-state index is 0.133. The third-order valence-electron chi connectivity index (χ3n) is 5.66. The molecule has 2 amide bonds. The Balaban J connectivity index is 1.75. The molecule has 0 unspecified atom stereocenters. The lowest BCUT2D eigenvalue weighted by Gasteiger charge is -2.36. The summed E-state index contributed by atoms with van der Waals surface area (Å²) in [4.78, 5) is 30.4. The van der Waals surface area contributed by atoms with Gasteiger partial charge in [-0.2, -0.15) is 0 Å². The fourth-order valence-electron chi connectivity index (χ4n) is 3.84. The SMILES string of the molecule is CC1CCC(N(C)C(=O)CN2CCC(C(=O)N(C)C)CC2)CC1. The zero-order chi connectivity index (χ0) is 17.0. The van der Waals surface area contributed by atoms with Gasteiger partial charge in [0.05, 0.1) is 6.54 Å². The second-order valence-electron chi connectivity index (χ2n) is 7.70. The highest BCUT2D eigenvalue weighted by Gasteiger charge is 2.29. The Morgan fingerprint density at radius 3 is 2.04 bits per heavy atom. The predicted octanol–water partition coefficient (Wildman–Crippen LogP) is 1.82. The van der Waals surface area contributed by atoms with Gasteiger partial charge in [0.25, 0.3) is 0 Å². The predicted molar refractivity (Wildman–Crippen MR) is 92.0 cm³/mol. The van der Waals surface area contributed by atoms with E-state index in [0.717, 1.165) is 44.7 Å². The highest BCUT2D eigenvalue weighted by molar-refractivity contribution is 5.79. The summed E-state index contributed by atoms with van der Waals surface area (Å²) in [6, 6.07) is 0.423. The first-order chi connectivity index (χ1) is 10.9. The number of likely N-dealkylation sites (tertiary alicyclic amines) is 1. The van der Waals surface area contributed by atoms with Gasteiger partial charge < -0.3 is 9.80 Å². The van der Waals surface area contributed by atoms with Crippen molar-refractivity contribution in [3.63, 3.8) is 0 Å². The lowest BCUT2D eigenvalue weighted by Crippen LogP contribution is -2.47. The molecule has 0 atom stereocenters. The van der Waals surface area contributed by atoms with Crippen molar-refractivity contribution >= 4 is 11.8 Å². The molecular weight excluding hydrogens is 290 g/mol. The number of rotatable bonds is 4. The smallest absolute Gasteiger partial charge is 0.236 e. The normalized spacial score (nSPS) is 26.8. The van der Waals surface area contributed by atoms with E-state index in [1.807, 2.05) is 26.0 Å². The van der Waals surface area contributed by atoms with Gasteiger partial charge in [0.1, 0.15) is 0 Å². The molecule has 23 heavy (non-hydrogen) atoms. The maximum absolute atomic E-state index is 12.5. The van der Waals surface area contributed by atoms with E-state index in [1.54, 1.807) is 4.90 Å². The van der Waals surface area contributed by atoms with Crippen LogP contribution in [0.3, 0.4) is 0 Å². The number of hydrogen-bond acceptors (Lipinski definition) is 3. The van der Waals surface area contributed by atoms with E-state index in [9.17, 15) is 9.59 Å². The van der Waals surface area contributed by atoms with E-state index in [-0.39, 0.29) is 17.7 Å². The van der Waals surface area contributed by atoms with Crippen LogP contribution in [0, 0.1) is 11.8 Å². The van der Waals surface area contributed by atoms with E-state index in [0.29, 0.717) is 12.6 Å². The summed E-state index contributed by atoms with van der Waals surface area (Å²) < 4.78 is 0. The number of carbonyl (C=O) groups is 2. The first-order valence-electron chi connectivity index (χ1n) is 9.07. The van der Waals surface area contributed by atoms with E-state index < -0.39 is 0 Å². The third-order valence-corrected chi connectivity index (χ3v) is 5.66. The highest BCUT2D eigenvalue weighted by Crippen LogP contribution is 2.26. The van der Waals surface area contributed by atoms with E-state index in [2.05, 4.69) is 11.8 Å². The minimum atomic E-state index is 0.133. The monoisotopic (exact) mass is 323 g/mol. The summed E-state index contributed by atoms with van der Waals surface area (Å²) >= 11 is 0. The molecule has 1 aliphatic heterocycles. The molecule has 0 N–H and O–H groups in total. The zero-order valence-electron chi connectivity index (χ0n) is 15.3. The van der Waals surface area contributed by atoms with Crippen molar-refractivity contribution in [3.8, 4) is 0 Å². The average Bonchev–Trinajstić information content (AvgIpc) is 2.54. The van der Waals surface area contributed by atoms with Crippen LogP contribution < -0.4 is 0 Å². The fraction of sp³-hybridized carbons (Fsp3) is 0.889. The maximum atomic E-state index is 12.5. The van der Waals surface area contributed by atoms with Gasteiger partial charge in [0.15, 0.2) is 0 Å². The van der Waals surface area contributed by atoms with Gasteiger partial charge >= 0.3 is 0 Å². The van der Waals surface area contributed by atoms with Gasteiger partial charge in [0.2, 0.25) is 11.8 Å². The second kappa shape index (κ2) is 8.13. The summed E-state index contributed by atoms with van der Waals surface area (Å²) in [7, 11) is 5.60. The molecule has 1 saturated carbocycles. The molecule has 1 saturated heterocycles. The van der Waals surface area contributed by atoms with E-state index in [1.165, 1.54) is 12.8 Å². The van der Waals surface area contributed by atoms with Crippen LogP contribution in [0.15, 0.2) is 0 Å². The van der Waals surface area contributed by atoms with Gasteiger partial charge in [-0.15, -0.1) is 0 Å². The van der Waals surface area contributed by atoms with Crippen molar-refractivity contribution in [1.82, 2.24) is 14.7 Å². The first-order valence-corrected chi connectivity index (χ1v) is 9.07. The van der Waals surface area contributed by atoms with Gasteiger partial charge in [-0.25, -0.2) is 0 Å². The van der Waals surface area contributed by atoms with Crippen LogP contribution >= 0.6 is 0 Å². The molecule has 0 aromatic carbocycles. The van der Waals surface area contributed by atoms with Crippen LogP contribution in [0.1, 0.15) is 45.4 Å². The molecule has 2 aliphatic rings. The van der Waals surface area contributed by atoms with Gasteiger partial charge in [0, 0.05) is 33.1 Å². The molecular formula is C18H33N3O2. The molecule has 0 aromatic heterocycles. The second-order valence-corrected chi connectivity index (χ2v) is 7.70. The van der Waals surface area contributed by atoms with Crippen molar-refractivity contribution in [1.29, 1.82) is 0 Å². The van der Waals surface area contributed by atoms with Gasteiger partial charge in [-0.1, -0.05) is 6.92 Å². The molecule has 0 bridgehead atoms. The maximum Gasteiger partial charge on any atom is 0.236 e. The Morgan fingerprint density at radius 2 is 1.52 bits per heavy atom. The van der Waals surface area contributed by atoms with Crippen molar-refractivity contribution in [2.24, 2.45) is 11.8 Å². The lowest BCUT2D eigenvalue weighted by atomic mass is 9.87. The summed E-state index contributed by atoms with van der Waals surface area (Å²) in [5, 5.41) is 0. The number of hydrogen-bond donors (Lipinski definition) is 0. The molecule has 0 radical (unpaired) electrons. The number of nitrogens with zero attached hydrogens (tertiary/aromatic N) is 3. The minimum Gasteiger partial charge on any atom is -0.349 e. The van der Waals surface area contributed by atoms with Crippen LogP contribution in [-0.4, -0.2) is 73.3 Å². The Kier molecular flexibility index (Phi) is 6.45. The Bertz CT molecular complexity index is 408. The van der Waals surface area contributed by atoms with Crippen LogP contribution in [0.4, 0.5) is 0 Å². The molecule has 132 valence electrons. The molecule has 0 spiro atoms. The van der Waals surface area contributed by atoms with Crippen molar-refractivity contribution in [2.45, 2.75) is 51.5 Å². The average molecular weight is 323 g/mol. The topological polar surface area (TPSA) is 43.9 Å². The molecule has 2 fully saturated rings. The standard InChI is InChI=1S/C18H33N3O2/c1-14-5-7-16(8-6-14)20(4)17(22)13-21-11-9-15(10-12-21)18(23)19(2)3/h14-16H,5-13H2,1-4H3. The van der Waals surface area contributed by atoms with Gasteiger partial charge in [-0.3, -0.25) is 14.5 Å². The summed E-state index contributed by atoms with van der Waals surface area (Å²) in [6.07, 6.45) is 6.50. The van der Waals surface area contributed by atoms with Crippen molar-refractivity contribution < 1.29 is 9.59 Å². The van der Waals surface area contributed by atoms with Crippen LogP contribution in [0.5, 0.6) is 0 Å². The molecule has 5 heteroatoms. The Labute approximate surface area is 141 Å². The highest BCUT2D eigenvalue weighted by atomic mass is 16.2. The summed E-state index contributed by atoms with van der Waals surface area (Å²) in [5.74, 6) is 1.41. The van der Waals surface area contributed by atoms with Crippen LogP contribution in [0.25, 0.3) is 0 Å². The first kappa shape index (κ1) is 18.2. The largest absolute Gasteiger partial charge is 0.349 e. The number of amides is 2. The molecule has 1 aliphatic carbocycles. The fourth-order valence-corrected chi connectivity index (χ4v) is 3.84. The van der Waals surface area contributed by atoms with Crippen LogP contribution in [0.2, 0.25) is 0 Å². The summed E-state index contributed by atoms with van der Waals surface area (Å²) in [6.45, 7) is 4.51. The van der Waals surface area contributed by atoms with E-state index >= 15 is 0 Å². The molecule has 2 rings (SSSR count). The number of piperidine rings is 1. The van der Waals surface area contributed by atoms with E-state index in [4.69, 9.17) is 0 Å². The number of likely N-dealkylation sites (N-methyl/N-ethyl adjacent to an activating group) is 1. The van der Waals surface area contributed by atoms with Crippen molar-refractivity contribution in [3.05, 3.63) is 0 Å². The Morgan fingerprint density at radius 1 is 0.957 bits per heavy atom. The Hall–Kier alpha value is -1.10. The van der Waals surface area contributed by atoms with Crippen LogP contribution in [-0.2, 0) is 9.59 Å². The molecule has 1 heterocycles. The quantitative estimate of drug-likeness (QED) is 0.793. The number of carbonyl (C=O) groups excluding carboxylic acids is 2. The zero-order valence-corrected chi connectivity index (χ0v) is 15.3. The third kappa shape index (κ3) is 4.93. The van der Waals surface area contributed by atoms with Crippen molar-refractivity contribution in [2.75, 3.05) is 40.8 Å². The molecule has 5 nitrogen and oxygen atoms in total. The van der Waals surface area contributed by atoms with Gasteiger partial charge in [-0.05, 0) is 57.5 Å². The summed E-state index contributed by atoms with van der Waals surface area (Å²) in [5.41, 5.74) is 0. The lowest BCUT2D eigenvalue weighted by molar-refractivity contribution is -0.136. The molecule has 0 aromatic rings.